The molecule has 1 fully saturated rings. The Morgan fingerprint density at radius 1 is 1.33 bits per heavy atom. The number of rotatable bonds is 6. The summed E-state index contributed by atoms with van der Waals surface area (Å²) in [6.45, 7) is 3.31. The summed E-state index contributed by atoms with van der Waals surface area (Å²) in [6.07, 6.45) is 6.47. The summed E-state index contributed by atoms with van der Waals surface area (Å²) in [6, 6.07) is 0.309. The summed E-state index contributed by atoms with van der Waals surface area (Å²) in [5, 5.41) is 22.0. The van der Waals surface area contributed by atoms with Gasteiger partial charge in [-0.25, -0.2) is 0 Å². The molecule has 0 amide bonds. The summed E-state index contributed by atoms with van der Waals surface area (Å²) in [5.74, 6) is 0.406. The maximum atomic E-state index is 9.72. The average molecular weight is 215 g/mol. The van der Waals surface area contributed by atoms with E-state index in [1.807, 2.05) is 0 Å². The molecule has 0 saturated heterocycles. The fraction of sp³-hybridized carbons (Fsp3) is 1.00. The highest BCUT2D eigenvalue weighted by molar-refractivity contribution is 4.80. The van der Waals surface area contributed by atoms with Crippen LogP contribution >= 0.6 is 0 Å². The molecule has 1 saturated carbocycles. The Hall–Kier alpha value is -0.120. The second kappa shape index (κ2) is 7.20. The molecule has 0 aliphatic heterocycles. The molecule has 15 heavy (non-hydrogen) atoms. The summed E-state index contributed by atoms with van der Waals surface area (Å²) in [4.78, 5) is 0. The number of aliphatic hydroxyl groups excluding tert-OH is 2. The topological polar surface area (TPSA) is 52.5 Å². The smallest absolute Gasteiger partial charge is 0.0693 e. The highest BCUT2D eigenvalue weighted by Gasteiger charge is 2.21. The normalized spacial score (nSPS) is 29.0. The van der Waals surface area contributed by atoms with Gasteiger partial charge in [-0.1, -0.05) is 19.8 Å². The van der Waals surface area contributed by atoms with Crippen LogP contribution in [0.15, 0.2) is 0 Å². The first-order valence-electron chi connectivity index (χ1n) is 6.26. The Balaban J connectivity index is 2.03. The molecule has 1 aliphatic carbocycles. The summed E-state index contributed by atoms with van der Waals surface area (Å²) >= 11 is 0. The van der Waals surface area contributed by atoms with Crippen LogP contribution in [0.3, 0.4) is 0 Å². The first-order valence-corrected chi connectivity index (χ1v) is 6.26. The van der Waals surface area contributed by atoms with Gasteiger partial charge in [-0.15, -0.1) is 0 Å². The Morgan fingerprint density at radius 3 is 2.73 bits per heavy atom. The van der Waals surface area contributed by atoms with E-state index in [-0.39, 0.29) is 12.7 Å². The van der Waals surface area contributed by atoms with E-state index >= 15 is 0 Å². The van der Waals surface area contributed by atoms with Gasteiger partial charge in [-0.2, -0.15) is 0 Å². The monoisotopic (exact) mass is 215 g/mol. The van der Waals surface area contributed by atoms with E-state index in [0.29, 0.717) is 12.0 Å². The van der Waals surface area contributed by atoms with Gasteiger partial charge in [-0.3, -0.25) is 0 Å². The van der Waals surface area contributed by atoms with Crippen LogP contribution in [0.5, 0.6) is 0 Å². The molecule has 3 atom stereocenters. The first-order chi connectivity index (χ1) is 7.24. The molecule has 0 spiro atoms. The second-order valence-electron chi connectivity index (χ2n) is 4.84. The summed E-state index contributed by atoms with van der Waals surface area (Å²) < 4.78 is 0. The molecule has 0 aromatic rings. The third-order valence-corrected chi connectivity index (χ3v) is 3.32. The molecule has 0 radical (unpaired) electrons. The zero-order valence-electron chi connectivity index (χ0n) is 9.78. The van der Waals surface area contributed by atoms with Crippen molar-refractivity contribution in [2.45, 2.75) is 57.6 Å². The van der Waals surface area contributed by atoms with E-state index in [0.717, 1.165) is 32.2 Å². The van der Waals surface area contributed by atoms with Gasteiger partial charge in [0.2, 0.25) is 0 Å². The second-order valence-corrected chi connectivity index (χ2v) is 4.84. The van der Waals surface area contributed by atoms with Gasteiger partial charge in [0.05, 0.1) is 6.10 Å². The van der Waals surface area contributed by atoms with Gasteiger partial charge in [-0.05, 0) is 38.1 Å². The van der Waals surface area contributed by atoms with Crippen LogP contribution < -0.4 is 5.32 Å². The molecule has 90 valence electrons. The zero-order chi connectivity index (χ0) is 11.1. The van der Waals surface area contributed by atoms with Crippen molar-refractivity contribution in [2.24, 2.45) is 5.92 Å². The standard InChI is InChI=1S/C12H25NO2/c1-10(9-14)5-4-8-13-11-6-2-3-7-12(11)15/h10-15H,2-9H2,1H3. The zero-order valence-corrected chi connectivity index (χ0v) is 9.78. The summed E-state index contributed by atoms with van der Waals surface area (Å²) in [5.41, 5.74) is 0. The van der Waals surface area contributed by atoms with Crippen molar-refractivity contribution in [3.63, 3.8) is 0 Å². The molecule has 0 aromatic carbocycles. The van der Waals surface area contributed by atoms with Crippen LogP contribution in [0.2, 0.25) is 0 Å². The van der Waals surface area contributed by atoms with Gasteiger partial charge in [0.15, 0.2) is 0 Å². The van der Waals surface area contributed by atoms with Crippen molar-refractivity contribution < 1.29 is 10.2 Å². The quantitative estimate of drug-likeness (QED) is 0.585. The van der Waals surface area contributed by atoms with Gasteiger partial charge < -0.3 is 15.5 Å². The molecule has 0 heterocycles. The van der Waals surface area contributed by atoms with Crippen molar-refractivity contribution in [1.29, 1.82) is 0 Å². The van der Waals surface area contributed by atoms with E-state index in [4.69, 9.17) is 5.11 Å². The van der Waals surface area contributed by atoms with E-state index in [1.165, 1.54) is 12.8 Å². The minimum Gasteiger partial charge on any atom is -0.396 e. The van der Waals surface area contributed by atoms with E-state index < -0.39 is 0 Å². The van der Waals surface area contributed by atoms with Gasteiger partial charge in [0.25, 0.3) is 0 Å². The van der Waals surface area contributed by atoms with Crippen LogP contribution in [-0.2, 0) is 0 Å². The molecular formula is C12H25NO2. The van der Waals surface area contributed by atoms with E-state index in [2.05, 4.69) is 12.2 Å². The van der Waals surface area contributed by atoms with Crippen molar-refractivity contribution in [2.75, 3.05) is 13.2 Å². The molecule has 3 N–H and O–H groups in total. The summed E-state index contributed by atoms with van der Waals surface area (Å²) in [7, 11) is 0. The van der Waals surface area contributed by atoms with Crippen molar-refractivity contribution in [1.82, 2.24) is 5.32 Å². The molecular weight excluding hydrogens is 190 g/mol. The Bertz CT molecular complexity index is 164. The highest BCUT2D eigenvalue weighted by atomic mass is 16.3. The lowest BCUT2D eigenvalue weighted by atomic mass is 9.92. The van der Waals surface area contributed by atoms with Gasteiger partial charge in [0.1, 0.15) is 0 Å². The molecule has 0 aromatic heterocycles. The van der Waals surface area contributed by atoms with Crippen LogP contribution in [0.25, 0.3) is 0 Å². The van der Waals surface area contributed by atoms with E-state index in [1.54, 1.807) is 0 Å². The third kappa shape index (κ3) is 4.96. The highest BCUT2D eigenvalue weighted by Crippen LogP contribution is 2.18. The van der Waals surface area contributed by atoms with Crippen LogP contribution in [0, 0.1) is 5.92 Å². The van der Waals surface area contributed by atoms with Crippen molar-refractivity contribution >= 4 is 0 Å². The van der Waals surface area contributed by atoms with Crippen LogP contribution in [0.4, 0.5) is 0 Å². The largest absolute Gasteiger partial charge is 0.396 e. The van der Waals surface area contributed by atoms with E-state index in [9.17, 15) is 5.11 Å². The van der Waals surface area contributed by atoms with Gasteiger partial charge >= 0.3 is 0 Å². The lowest BCUT2D eigenvalue weighted by Gasteiger charge is -2.28. The van der Waals surface area contributed by atoms with Crippen LogP contribution in [-0.4, -0.2) is 35.5 Å². The average Bonchev–Trinajstić information content (AvgIpc) is 2.26. The molecule has 0 bridgehead atoms. The van der Waals surface area contributed by atoms with Crippen molar-refractivity contribution in [3.05, 3.63) is 0 Å². The molecule has 1 rings (SSSR count). The third-order valence-electron chi connectivity index (χ3n) is 3.32. The predicted octanol–water partition coefficient (Wildman–Crippen LogP) is 1.29. The van der Waals surface area contributed by atoms with Crippen molar-refractivity contribution in [3.8, 4) is 0 Å². The lowest BCUT2D eigenvalue weighted by Crippen LogP contribution is -2.42. The lowest BCUT2D eigenvalue weighted by molar-refractivity contribution is 0.0906. The van der Waals surface area contributed by atoms with Crippen LogP contribution in [0.1, 0.15) is 45.4 Å². The minimum atomic E-state index is -0.144. The minimum absolute atomic E-state index is 0.144. The fourth-order valence-electron chi connectivity index (χ4n) is 2.18. The number of nitrogens with one attached hydrogen (secondary N) is 1. The molecule has 3 nitrogen and oxygen atoms in total. The number of hydrogen-bond acceptors (Lipinski definition) is 3. The first kappa shape index (κ1) is 12.9. The Kier molecular flexibility index (Phi) is 6.22. The maximum absolute atomic E-state index is 9.72. The Morgan fingerprint density at radius 2 is 2.07 bits per heavy atom. The number of aliphatic hydroxyl groups is 2. The maximum Gasteiger partial charge on any atom is 0.0693 e. The molecule has 1 aliphatic rings. The SMILES string of the molecule is CC(CO)CCCNC1CCCCC1O. The molecule has 3 heteroatoms. The number of hydrogen-bond donors (Lipinski definition) is 3. The fourth-order valence-corrected chi connectivity index (χ4v) is 2.18. The predicted molar refractivity (Wildman–Crippen MR) is 61.7 cm³/mol. The van der Waals surface area contributed by atoms with Gasteiger partial charge in [0, 0.05) is 12.6 Å². The molecule has 3 unspecified atom stereocenters. The Labute approximate surface area is 92.9 Å².